The highest BCUT2D eigenvalue weighted by Gasteiger charge is 2.34. The molecule has 1 aromatic heterocycles. The van der Waals surface area contributed by atoms with E-state index in [0.717, 1.165) is 30.2 Å². The zero-order valence-electron chi connectivity index (χ0n) is 11.1. The third-order valence-corrected chi connectivity index (χ3v) is 3.60. The van der Waals surface area contributed by atoms with Crippen molar-refractivity contribution in [1.82, 2.24) is 15.1 Å². The van der Waals surface area contributed by atoms with Crippen LogP contribution in [0, 0.1) is 0 Å². The molecule has 0 radical (unpaired) electrons. The summed E-state index contributed by atoms with van der Waals surface area (Å²) in [4.78, 5) is 2.05. The summed E-state index contributed by atoms with van der Waals surface area (Å²) in [5.41, 5.74) is 1.74. The average molecular weight is 297 g/mol. The van der Waals surface area contributed by atoms with E-state index in [0.29, 0.717) is 18.8 Å². The van der Waals surface area contributed by atoms with Crippen LogP contribution >= 0.6 is 0 Å². The largest absolute Gasteiger partial charge is 0.508 e. The van der Waals surface area contributed by atoms with Gasteiger partial charge in [-0.15, -0.1) is 0 Å². The molecule has 1 aliphatic heterocycles. The third-order valence-electron chi connectivity index (χ3n) is 3.60. The highest BCUT2D eigenvalue weighted by molar-refractivity contribution is 5.36. The number of aromatic hydroxyl groups is 1. The maximum absolute atomic E-state index is 12.5. The standard InChI is InChI=1S/C14H14F3N3O/c15-14(16,17)13-6-11(18-19-13)8-20-4-3-9-5-12(21)2-1-10(9)7-20/h1-2,5-6,21H,3-4,7-8H2,(H,18,19). The van der Waals surface area contributed by atoms with Crippen molar-refractivity contribution in [3.63, 3.8) is 0 Å². The second-order valence-corrected chi connectivity index (χ2v) is 5.19. The van der Waals surface area contributed by atoms with Crippen molar-refractivity contribution >= 4 is 0 Å². The Morgan fingerprint density at radius 3 is 2.76 bits per heavy atom. The van der Waals surface area contributed by atoms with E-state index < -0.39 is 11.9 Å². The van der Waals surface area contributed by atoms with E-state index in [1.807, 2.05) is 11.0 Å². The fourth-order valence-corrected chi connectivity index (χ4v) is 2.56. The number of aromatic nitrogens is 2. The molecule has 0 atom stereocenters. The zero-order valence-corrected chi connectivity index (χ0v) is 11.1. The highest BCUT2D eigenvalue weighted by Crippen LogP contribution is 2.28. The fraction of sp³-hybridized carbons (Fsp3) is 0.357. The van der Waals surface area contributed by atoms with Crippen LogP contribution in [0.5, 0.6) is 5.75 Å². The van der Waals surface area contributed by atoms with Gasteiger partial charge in [-0.1, -0.05) is 6.07 Å². The number of H-pyrrole nitrogens is 1. The molecule has 0 fully saturated rings. The molecule has 0 spiro atoms. The van der Waals surface area contributed by atoms with Gasteiger partial charge in [0.15, 0.2) is 5.69 Å². The molecule has 7 heteroatoms. The summed E-state index contributed by atoms with van der Waals surface area (Å²) in [6.07, 6.45) is -3.65. The number of nitrogens with one attached hydrogen (secondary N) is 1. The summed E-state index contributed by atoms with van der Waals surface area (Å²) < 4.78 is 37.5. The van der Waals surface area contributed by atoms with Gasteiger partial charge in [0, 0.05) is 25.3 Å². The molecule has 0 unspecified atom stereocenters. The van der Waals surface area contributed by atoms with Gasteiger partial charge in [-0.2, -0.15) is 18.3 Å². The third kappa shape index (κ3) is 3.02. The molecular weight excluding hydrogens is 283 g/mol. The van der Waals surface area contributed by atoms with Gasteiger partial charge >= 0.3 is 6.18 Å². The summed E-state index contributed by atoms with van der Waals surface area (Å²) in [6, 6.07) is 6.27. The average Bonchev–Trinajstić information content (AvgIpc) is 2.87. The molecule has 0 saturated heterocycles. The number of phenols is 1. The second kappa shape index (κ2) is 5.07. The molecule has 2 N–H and O–H groups in total. The summed E-state index contributed by atoms with van der Waals surface area (Å²) in [5.74, 6) is 0.241. The Morgan fingerprint density at radius 1 is 1.24 bits per heavy atom. The van der Waals surface area contributed by atoms with E-state index in [9.17, 15) is 18.3 Å². The first-order valence-corrected chi connectivity index (χ1v) is 6.56. The van der Waals surface area contributed by atoms with Crippen molar-refractivity contribution in [3.8, 4) is 5.75 Å². The number of phenolic OH excluding ortho intramolecular Hbond substituents is 1. The number of alkyl halides is 3. The molecule has 112 valence electrons. The van der Waals surface area contributed by atoms with Gasteiger partial charge in [0.1, 0.15) is 5.75 Å². The smallest absolute Gasteiger partial charge is 0.435 e. The Kier molecular flexibility index (Phi) is 3.36. The van der Waals surface area contributed by atoms with Crippen LogP contribution in [0.15, 0.2) is 24.3 Å². The van der Waals surface area contributed by atoms with Gasteiger partial charge in [-0.05, 0) is 35.7 Å². The Hall–Kier alpha value is -2.02. The molecule has 0 saturated carbocycles. The van der Waals surface area contributed by atoms with Crippen molar-refractivity contribution in [3.05, 3.63) is 46.8 Å². The van der Waals surface area contributed by atoms with Crippen molar-refractivity contribution in [2.75, 3.05) is 6.54 Å². The number of aromatic amines is 1. The first kappa shape index (κ1) is 13.9. The number of rotatable bonds is 2. The van der Waals surface area contributed by atoms with Crippen LogP contribution < -0.4 is 0 Å². The fourth-order valence-electron chi connectivity index (χ4n) is 2.56. The zero-order chi connectivity index (χ0) is 15.0. The summed E-state index contributed by atoms with van der Waals surface area (Å²) in [6.45, 7) is 1.77. The lowest BCUT2D eigenvalue weighted by molar-refractivity contribution is -0.141. The number of nitrogens with zero attached hydrogens (tertiary/aromatic N) is 2. The van der Waals surface area contributed by atoms with Gasteiger partial charge < -0.3 is 5.11 Å². The van der Waals surface area contributed by atoms with Gasteiger partial charge in [-0.25, -0.2) is 0 Å². The minimum Gasteiger partial charge on any atom is -0.508 e. The number of hydrogen-bond donors (Lipinski definition) is 2. The Bertz CT molecular complexity index is 651. The van der Waals surface area contributed by atoms with Crippen molar-refractivity contribution in [2.24, 2.45) is 0 Å². The first-order chi connectivity index (χ1) is 9.91. The molecule has 4 nitrogen and oxygen atoms in total. The highest BCUT2D eigenvalue weighted by atomic mass is 19.4. The molecule has 3 rings (SSSR count). The lowest BCUT2D eigenvalue weighted by Crippen LogP contribution is -2.30. The molecule has 2 aromatic rings. The van der Waals surface area contributed by atoms with Crippen molar-refractivity contribution < 1.29 is 18.3 Å². The number of halogens is 3. The van der Waals surface area contributed by atoms with Gasteiger partial charge in [-0.3, -0.25) is 10.00 Å². The van der Waals surface area contributed by atoms with E-state index in [-0.39, 0.29) is 5.75 Å². The molecule has 21 heavy (non-hydrogen) atoms. The lowest BCUT2D eigenvalue weighted by atomic mass is 9.99. The predicted molar refractivity (Wildman–Crippen MR) is 69.5 cm³/mol. The molecule has 0 bridgehead atoms. The SMILES string of the molecule is Oc1ccc2c(c1)CCN(Cc1cc(C(F)(F)F)n[nH]1)C2. The number of hydrogen-bond acceptors (Lipinski definition) is 3. The van der Waals surface area contributed by atoms with E-state index in [4.69, 9.17) is 0 Å². The molecule has 1 aromatic carbocycles. The molecule has 1 aliphatic rings. The summed E-state index contributed by atoms with van der Waals surface area (Å²) >= 11 is 0. The molecule has 0 amide bonds. The van der Waals surface area contributed by atoms with Crippen molar-refractivity contribution in [2.45, 2.75) is 25.7 Å². The number of benzene rings is 1. The van der Waals surface area contributed by atoms with Crippen LogP contribution in [-0.4, -0.2) is 26.7 Å². The van der Waals surface area contributed by atoms with E-state index in [2.05, 4.69) is 10.2 Å². The van der Waals surface area contributed by atoms with Crippen LogP contribution in [-0.2, 0) is 25.7 Å². The molecule has 0 aliphatic carbocycles. The normalized spacial score (nSPS) is 16.0. The minimum absolute atomic E-state index is 0.241. The predicted octanol–water partition coefficient (Wildman–Crippen LogP) is 2.69. The van der Waals surface area contributed by atoms with Gasteiger partial charge in [0.2, 0.25) is 0 Å². The quantitative estimate of drug-likeness (QED) is 0.896. The monoisotopic (exact) mass is 297 g/mol. The maximum Gasteiger partial charge on any atom is 0.435 e. The Morgan fingerprint density at radius 2 is 2.05 bits per heavy atom. The van der Waals surface area contributed by atoms with Crippen LogP contribution in [0.3, 0.4) is 0 Å². The van der Waals surface area contributed by atoms with Crippen molar-refractivity contribution in [1.29, 1.82) is 0 Å². The maximum atomic E-state index is 12.5. The second-order valence-electron chi connectivity index (χ2n) is 5.19. The van der Waals surface area contributed by atoms with Crippen LogP contribution in [0.1, 0.15) is 22.5 Å². The first-order valence-electron chi connectivity index (χ1n) is 6.56. The van der Waals surface area contributed by atoms with E-state index in [1.54, 1.807) is 12.1 Å². The Balaban J connectivity index is 1.70. The van der Waals surface area contributed by atoms with Crippen LogP contribution in [0.2, 0.25) is 0 Å². The summed E-state index contributed by atoms with van der Waals surface area (Å²) in [5, 5.41) is 15.2. The molecular formula is C14H14F3N3O. The minimum atomic E-state index is -4.42. The number of fused-ring (bicyclic) bond motifs is 1. The lowest BCUT2D eigenvalue weighted by Gasteiger charge is -2.28. The van der Waals surface area contributed by atoms with Gasteiger partial charge in [0.25, 0.3) is 0 Å². The van der Waals surface area contributed by atoms with E-state index >= 15 is 0 Å². The Labute approximate surface area is 119 Å². The van der Waals surface area contributed by atoms with E-state index in [1.165, 1.54) is 0 Å². The topological polar surface area (TPSA) is 52.1 Å². The van der Waals surface area contributed by atoms with Gasteiger partial charge in [0.05, 0.1) is 0 Å². The van der Waals surface area contributed by atoms with Crippen LogP contribution in [0.4, 0.5) is 13.2 Å². The van der Waals surface area contributed by atoms with Crippen LogP contribution in [0.25, 0.3) is 0 Å². The molecule has 2 heterocycles. The summed E-state index contributed by atoms with van der Waals surface area (Å²) in [7, 11) is 0.